The van der Waals surface area contributed by atoms with E-state index in [1.165, 1.54) is 0 Å². The summed E-state index contributed by atoms with van der Waals surface area (Å²) >= 11 is 0. The second-order valence-corrected chi connectivity index (χ2v) is 6.63. The van der Waals surface area contributed by atoms with E-state index in [1.807, 2.05) is 12.1 Å². The average molecular weight is 291 g/mol. The molecule has 1 aromatic heterocycles. The van der Waals surface area contributed by atoms with E-state index >= 15 is 0 Å². The molecule has 2 rings (SSSR count). The zero-order valence-corrected chi connectivity index (χ0v) is 13.3. The number of ether oxygens (including phenoxy) is 1. The maximum absolute atomic E-state index is 11.8. The smallest absolute Gasteiger partial charge is 0.260 e. The van der Waals surface area contributed by atoms with E-state index in [0.29, 0.717) is 18.3 Å². The van der Waals surface area contributed by atoms with Crippen molar-refractivity contribution < 1.29 is 9.53 Å². The fourth-order valence-electron chi connectivity index (χ4n) is 1.74. The number of aromatic nitrogens is 1. The van der Waals surface area contributed by atoms with Crippen molar-refractivity contribution in [2.24, 2.45) is 0 Å². The summed E-state index contributed by atoms with van der Waals surface area (Å²) in [5.41, 5.74) is 1.01. The van der Waals surface area contributed by atoms with E-state index in [0.717, 1.165) is 18.5 Å². The van der Waals surface area contributed by atoms with Crippen LogP contribution in [-0.2, 0) is 11.3 Å². The van der Waals surface area contributed by atoms with E-state index in [1.54, 1.807) is 13.1 Å². The molecule has 0 radical (unpaired) electrons. The number of amides is 1. The minimum atomic E-state index is -0.494. The highest BCUT2D eigenvalue weighted by molar-refractivity contribution is 5.81. The normalized spacial score (nSPS) is 16.4. The molecule has 5 heteroatoms. The third-order valence-corrected chi connectivity index (χ3v) is 3.20. The molecule has 1 atom stereocenters. The molecule has 1 aliphatic carbocycles. The van der Waals surface area contributed by atoms with E-state index in [2.05, 4.69) is 36.4 Å². The Bertz CT molecular complexity index is 475. The third kappa shape index (κ3) is 5.71. The van der Waals surface area contributed by atoms with Crippen LogP contribution in [0.15, 0.2) is 18.3 Å². The van der Waals surface area contributed by atoms with Gasteiger partial charge >= 0.3 is 0 Å². The Balaban J connectivity index is 1.82. The lowest BCUT2D eigenvalue weighted by molar-refractivity contribution is -0.127. The molecular formula is C16H25N3O2. The summed E-state index contributed by atoms with van der Waals surface area (Å²) in [5.74, 6) is 0.559. The van der Waals surface area contributed by atoms with Crippen LogP contribution in [-0.4, -0.2) is 28.6 Å². The van der Waals surface area contributed by atoms with Gasteiger partial charge in [0.25, 0.3) is 5.91 Å². The molecule has 1 amide bonds. The van der Waals surface area contributed by atoms with Gasteiger partial charge in [-0.15, -0.1) is 0 Å². The van der Waals surface area contributed by atoms with Crippen LogP contribution >= 0.6 is 0 Å². The zero-order valence-electron chi connectivity index (χ0n) is 13.3. The highest BCUT2D eigenvalue weighted by Gasteiger charge is 2.26. The molecule has 0 spiro atoms. The minimum Gasteiger partial charge on any atom is -0.479 e. The van der Waals surface area contributed by atoms with Crippen molar-refractivity contribution in [3.63, 3.8) is 0 Å². The highest BCUT2D eigenvalue weighted by atomic mass is 16.5. The van der Waals surface area contributed by atoms with Gasteiger partial charge in [-0.05, 0) is 52.7 Å². The van der Waals surface area contributed by atoms with E-state index in [4.69, 9.17) is 4.74 Å². The largest absolute Gasteiger partial charge is 0.479 e. The first-order valence-electron chi connectivity index (χ1n) is 7.50. The summed E-state index contributed by atoms with van der Waals surface area (Å²) in [6.45, 7) is 8.81. The van der Waals surface area contributed by atoms with Gasteiger partial charge < -0.3 is 15.4 Å². The molecule has 1 unspecified atom stereocenters. The zero-order chi connectivity index (χ0) is 15.5. The summed E-state index contributed by atoms with van der Waals surface area (Å²) in [7, 11) is 0. The minimum absolute atomic E-state index is 0.0593. The SMILES string of the molecule is CC(Oc1ccc(CNC(C)(C)C)nc1)C(=O)NC1CC1. The number of nitrogens with zero attached hydrogens (tertiary/aromatic N) is 1. The van der Waals surface area contributed by atoms with Crippen molar-refractivity contribution in [3.8, 4) is 5.75 Å². The summed E-state index contributed by atoms with van der Waals surface area (Å²) in [6.07, 6.45) is 3.33. The fourth-order valence-corrected chi connectivity index (χ4v) is 1.74. The van der Waals surface area contributed by atoms with E-state index in [9.17, 15) is 4.79 Å². The molecular weight excluding hydrogens is 266 g/mol. The molecule has 21 heavy (non-hydrogen) atoms. The van der Waals surface area contributed by atoms with Crippen LogP contribution in [0.3, 0.4) is 0 Å². The Morgan fingerprint density at radius 2 is 2.14 bits per heavy atom. The van der Waals surface area contributed by atoms with Crippen molar-refractivity contribution in [2.75, 3.05) is 0 Å². The molecule has 2 N–H and O–H groups in total. The number of hydrogen-bond acceptors (Lipinski definition) is 4. The van der Waals surface area contributed by atoms with Crippen LogP contribution in [0.2, 0.25) is 0 Å². The average Bonchev–Trinajstić information content (AvgIpc) is 3.21. The molecule has 116 valence electrons. The maximum Gasteiger partial charge on any atom is 0.260 e. The van der Waals surface area contributed by atoms with Crippen molar-refractivity contribution in [1.82, 2.24) is 15.6 Å². The lowest BCUT2D eigenvalue weighted by Gasteiger charge is -2.20. The van der Waals surface area contributed by atoms with Gasteiger partial charge in [-0.3, -0.25) is 9.78 Å². The molecule has 5 nitrogen and oxygen atoms in total. The van der Waals surface area contributed by atoms with Crippen LogP contribution in [0.25, 0.3) is 0 Å². The monoisotopic (exact) mass is 291 g/mol. The Kier molecular flexibility index (Phi) is 4.83. The number of rotatable bonds is 6. The third-order valence-electron chi connectivity index (χ3n) is 3.20. The molecule has 1 aromatic rings. The quantitative estimate of drug-likeness (QED) is 0.841. The molecule has 1 heterocycles. The van der Waals surface area contributed by atoms with Crippen LogP contribution < -0.4 is 15.4 Å². The molecule has 0 aromatic carbocycles. The Morgan fingerprint density at radius 3 is 2.67 bits per heavy atom. The second kappa shape index (κ2) is 6.43. The summed E-state index contributed by atoms with van der Waals surface area (Å²) in [5, 5.41) is 6.31. The van der Waals surface area contributed by atoms with Gasteiger partial charge in [-0.25, -0.2) is 0 Å². The Labute approximate surface area is 126 Å². The molecule has 0 aliphatic heterocycles. The van der Waals surface area contributed by atoms with Crippen LogP contribution in [0, 0.1) is 0 Å². The van der Waals surface area contributed by atoms with Gasteiger partial charge in [0.1, 0.15) is 5.75 Å². The molecule has 1 fully saturated rings. The summed E-state index contributed by atoms with van der Waals surface area (Å²) in [4.78, 5) is 16.2. The van der Waals surface area contributed by atoms with Crippen molar-refractivity contribution in [1.29, 1.82) is 0 Å². The predicted octanol–water partition coefficient (Wildman–Crippen LogP) is 2.02. The second-order valence-electron chi connectivity index (χ2n) is 6.63. The van der Waals surface area contributed by atoms with Gasteiger partial charge in [0.2, 0.25) is 0 Å². The van der Waals surface area contributed by atoms with Gasteiger partial charge in [-0.1, -0.05) is 0 Å². The topological polar surface area (TPSA) is 63.2 Å². The predicted molar refractivity (Wildman–Crippen MR) is 82.1 cm³/mol. The van der Waals surface area contributed by atoms with Gasteiger partial charge in [-0.2, -0.15) is 0 Å². The fraction of sp³-hybridized carbons (Fsp3) is 0.625. The molecule has 1 aliphatic rings. The first kappa shape index (κ1) is 15.8. The lowest BCUT2D eigenvalue weighted by atomic mass is 10.1. The number of hydrogen-bond donors (Lipinski definition) is 2. The Hall–Kier alpha value is -1.62. The van der Waals surface area contributed by atoms with Crippen molar-refractivity contribution >= 4 is 5.91 Å². The first-order chi connectivity index (χ1) is 9.83. The standard InChI is InChI=1S/C16H25N3O2/c1-11(15(20)19-12-5-6-12)21-14-8-7-13(17-10-14)9-18-16(2,3)4/h7-8,10-12,18H,5-6,9H2,1-4H3,(H,19,20). The van der Waals surface area contributed by atoms with Gasteiger partial charge in [0, 0.05) is 18.1 Å². The summed E-state index contributed by atoms with van der Waals surface area (Å²) < 4.78 is 5.61. The van der Waals surface area contributed by atoms with E-state index in [-0.39, 0.29) is 11.4 Å². The maximum atomic E-state index is 11.8. The van der Waals surface area contributed by atoms with E-state index < -0.39 is 6.10 Å². The van der Waals surface area contributed by atoms with Crippen LogP contribution in [0.5, 0.6) is 5.75 Å². The first-order valence-corrected chi connectivity index (χ1v) is 7.50. The van der Waals surface area contributed by atoms with Crippen LogP contribution in [0.4, 0.5) is 0 Å². The number of pyridine rings is 1. The highest BCUT2D eigenvalue weighted by Crippen LogP contribution is 2.19. The van der Waals surface area contributed by atoms with Crippen molar-refractivity contribution in [2.45, 2.75) is 64.8 Å². The lowest BCUT2D eigenvalue weighted by Crippen LogP contribution is -2.37. The van der Waals surface area contributed by atoms with Crippen LogP contribution in [0.1, 0.15) is 46.2 Å². The molecule has 0 saturated heterocycles. The number of carbonyl (C=O) groups excluding carboxylic acids is 1. The molecule has 1 saturated carbocycles. The van der Waals surface area contributed by atoms with Gasteiger partial charge in [0.05, 0.1) is 11.9 Å². The van der Waals surface area contributed by atoms with Crippen molar-refractivity contribution in [3.05, 3.63) is 24.0 Å². The van der Waals surface area contributed by atoms with Gasteiger partial charge in [0.15, 0.2) is 6.10 Å². The molecule has 0 bridgehead atoms. The Morgan fingerprint density at radius 1 is 1.43 bits per heavy atom. The number of carbonyl (C=O) groups is 1. The summed E-state index contributed by atoms with van der Waals surface area (Å²) in [6, 6.07) is 4.13. The number of nitrogens with one attached hydrogen (secondary N) is 2.